The molecular formula is C21H34IN3O2. The number of guanidine groups is 1. The largest absolute Gasteiger partial charge is 0.378 e. The van der Waals surface area contributed by atoms with Crippen LogP contribution in [0.4, 0.5) is 0 Å². The Morgan fingerprint density at radius 3 is 2.59 bits per heavy atom. The molecule has 2 fully saturated rings. The number of halogens is 1. The van der Waals surface area contributed by atoms with Crippen molar-refractivity contribution in [3.05, 3.63) is 35.9 Å². The number of hydrogen-bond donors (Lipinski definition) is 1. The Labute approximate surface area is 180 Å². The third-order valence-corrected chi connectivity index (χ3v) is 5.30. The van der Waals surface area contributed by atoms with Gasteiger partial charge in [0, 0.05) is 45.3 Å². The van der Waals surface area contributed by atoms with Gasteiger partial charge in [0.2, 0.25) is 0 Å². The van der Waals surface area contributed by atoms with Crippen LogP contribution in [0, 0.1) is 5.92 Å². The summed E-state index contributed by atoms with van der Waals surface area (Å²) in [6, 6.07) is 10.6. The van der Waals surface area contributed by atoms with Crippen LogP contribution in [0.15, 0.2) is 35.3 Å². The molecule has 0 radical (unpaired) electrons. The summed E-state index contributed by atoms with van der Waals surface area (Å²) in [6.45, 7) is 9.58. The molecule has 0 aromatic heterocycles. The first-order chi connectivity index (χ1) is 12.8. The summed E-state index contributed by atoms with van der Waals surface area (Å²) in [5.41, 5.74) is 1.27. The van der Waals surface area contributed by atoms with Gasteiger partial charge in [0.25, 0.3) is 0 Å². The van der Waals surface area contributed by atoms with E-state index in [9.17, 15) is 0 Å². The minimum atomic E-state index is 0. The van der Waals surface area contributed by atoms with Crippen LogP contribution in [0.2, 0.25) is 0 Å². The molecular weight excluding hydrogens is 453 g/mol. The van der Waals surface area contributed by atoms with Crippen molar-refractivity contribution in [3.63, 3.8) is 0 Å². The van der Waals surface area contributed by atoms with E-state index < -0.39 is 0 Å². The first kappa shape index (κ1) is 22.4. The minimum Gasteiger partial charge on any atom is -0.378 e. The fourth-order valence-corrected chi connectivity index (χ4v) is 3.93. The maximum absolute atomic E-state index is 6.01. The van der Waals surface area contributed by atoms with Crippen molar-refractivity contribution in [2.24, 2.45) is 10.9 Å². The van der Waals surface area contributed by atoms with E-state index in [2.05, 4.69) is 54.4 Å². The second-order valence-corrected chi connectivity index (χ2v) is 7.09. The van der Waals surface area contributed by atoms with Crippen LogP contribution in [0.25, 0.3) is 0 Å². The zero-order valence-corrected chi connectivity index (χ0v) is 18.9. The van der Waals surface area contributed by atoms with Crippen LogP contribution >= 0.6 is 24.0 Å². The lowest BCUT2D eigenvalue weighted by Gasteiger charge is -2.34. The molecule has 2 atom stereocenters. The number of hydrogen-bond acceptors (Lipinski definition) is 3. The van der Waals surface area contributed by atoms with Crippen LogP contribution in [-0.4, -0.2) is 56.4 Å². The highest BCUT2D eigenvalue weighted by molar-refractivity contribution is 14.0. The zero-order chi connectivity index (χ0) is 18.2. The minimum absolute atomic E-state index is 0. The second-order valence-electron chi connectivity index (χ2n) is 7.09. The Morgan fingerprint density at radius 1 is 1.19 bits per heavy atom. The first-order valence-electron chi connectivity index (χ1n) is 10.1. The van der Waals surface area contributed by atoms with Gasteiger partial charge in [0.05, 0.1) is 12.2 Å². The molecule has 0 aliphatic carbocycles. The van der Waals surface area contributed by atoms with E-state index in [1.165, 1.54) is 5.56 Å². The molecule has 152 valence electrons. The lowest BCUT2D eigenvalue weighted by molar-refractivity contribution is 0.0263. The molecule has 2 unspecified atom stereocenters. The van der Waals surface area contributed by atoms with Gasteiger partial charge in [0.1, 0.15) is 0 Å². The summed E-state index contributed by atoms with van der Waals surface area (Å²) in [7, 11) is 0. The second kappa shape index (κ2) is 11.9. The number of piperidine rings is 1. The molecule has 0 spiro atoms. The topological polar surface area (TPSA) is 46.1 Å². The number of rotatable bonds is 6. The number of nitrogens with zero attached hydrogens (tertiary/aromatic N) is 2. The summed E-state index contributed by atoms with van der Waals surface area (Å²) in [5, 5.41) is 3.47. The van der Waals surface area contributed by atoms with E-state index in [1.54, 1.807) is 0 Å². The molecule has 27 heavy (non-hydrogen) atoms. The Balaban J connectivity index is 0.00000261. The van der Waals surface area contributed by atoms with Gasteiger partial charge in [-0.25, -0.2) is 0 Å². The van der Waals surface area contributed by atoms with Gasteiger partial charge in [-0.3, -0.25) is 4.99 Å². The van der Waals surface area contributed by atoms with Crippen molar-refractivity contribution in [1.82, 2.24) is 10.2 Å². The molecule has 3 rings (SSSR count). The summed E-state index contributed by atoms with van der Waals surface area (Å²) in [4.78, 5) is 7.36. The number of nitrogens with one attached hydrogen (secondary N) is 1. The summed E-state index contributed by atoms with van der Waals surface area (Å²) in [6.07, 6.45) is 3.82. The smallest absolute Gasteiger partial charge is 0.193 e. The van der Waals surface area contributed by atoms with E-state index in [0.29, 0.717) is 12.0 Å². The predicted molar refractivity (Wildman–Crippen MR) is 121 cm³/mol. The average Bonchev–Trinajstić information content (AvgIpc) is 3.15. The van der Waals surface area contributed by atoms with Crippen molar-refractivity contribution in [1.29, 1.82) is 0 Å². The fraction of sp³-hybridized carbons (Fsp3) is 0.667. The highest BCUT2D eigenvalue weighted by atomic mass is 127. The summed E-state index contributed by atoms with van der Waals surface area (Å²) < 4.78 is 11.8. The molecule has 1 aromatic rings. The van der Waals surface area contributed by atoms with Crippen LogP contribution in [-0.2, 0) is 9.47 Å². The van der Waals surface area contributed by atoms with Crippen LogP contribution in [0.3, 0.4) is 0 Å². The molecule has 0 saturated carbocycles. The van der Waals surface area contributed by atoms with Gasteiger partial charge in [-0.2, -0.15) is 0 Å². The van der Waals surface area contributed by atoms with Crippen LogP contribution in [0.5, 0.6) is 0 Å². The van der Waals surface area contributed by atoms with E-state index in [4.69, 9.17) is 14.5 Å². The Kier molecular flexibility index (Phi) is 9.86. The maximum Gasteiger partial charge on any atom is 0.193 e. The zero-order valence-electron chi connectivity index (χ0n) is 16.6. The Bertz CT molecular complexity index is 562. The van der Waals surface area contributed by atoms with E-state index >= 15 is 0 Å². The Morgan fingerprint density at radius 2 is 1.93 bits per heavy atom. The standard InChI is InChI=1S/C21H33N3O2.HI/c1-3-22-21(24-13-10-19(11-14-24)25-4-2)23-16-18-12-15-26-20(18)17-8-6-5-7-9-17;/h5-9,18-20H,3-4,10-16H2,1-2H3,(H,22,23);1H. The van der Waals surface area contributed by atoms with E-state index in [1.807, 2.05) is 0 Å². The monoisotopic (exact) mass is 487 g/mol. The van der Waals surface area contributed by atoms with Crippen molar-refractivity contribution < 1.29 is 9.47 Å². The quantitative estimate of drug-likeness (QED) is 0.376. The van der Waals surface area contributed by atoms with Gasteiger partial charge >= 0.3 is 0 Å². The van der Waals surface area contributed by atoms with Gasteiger partial charge in [-0.1, -0.05) is 30.3 Å². The molecule has 0 amide bonds. The Hall–Kier alpha value is -0.860. The lowest BCUT2D eigenvalue weighted by atomic mass is 9.95. The first-order valence-corrected chi connectivity index (χ1v) is 10.1. The highest BCUT2D eigenvalue weighted by Gasteiger charge is 2.30. The van der Waals surface area contributed by atoms with Crippen LogP contribution < -0.4 is 5.32 Å². The SMILES string of the molecule is CCNC(=NCC1CCOC1c1ccccc1)N1CCC(OCC)CC1.I. The predicted octanol–water partition coefficient (Wildman–Crippen LogP) is 3.85. The number of likely N-dealkylation sites (tertiary alicyclic amines) is 1. The molecule has 2 aliphatic rings. The molecule has 6 heteroatoms. The molecule has 5 nitrogen and oxygen atoms in total. The maximum atomic E-state index is 6.01. The van der Waals surface area contributed by atoms with Crippen molar-refractivity contribution in [3.8, 4) is 0 Å². The number of aliphatic imine (C=N–C) groups is 1. The normalized spacial score (nSPS) is 23.9. The summed E-state index contributed by atoms with van der Waals surface area (Å²) in [5.74, 6) is 1.49. The van der Waals surface area contributed by atoms with Crippen molar-refractivity contribution >= 4 is 29.9 Å². The number of ether oxygens (including phenoxy) is 2. The lowest BCUT2D eigenvalue weighted by Crippen LogP contribution is -2.47. The van der Waals surface area contributed by atoms with E-state index in [-0.39, 0.29) is 30.1 Å². The van der Waals surface area contributed by atoms with Crippen molar-refractivity contribution in [2.45, 2.75) is 45.3 Å². The molecule has 0 bridgehead atoms. The van der Waals surface area contributed by atoms with Gasteiger partial charge in [0.15, 0.2) is 5.96 Å². The molecule has 1 aromatic carbocycles. The molecule has 2 heterocycles. The third-order valence-electron chi connectivity index (χ3n) is 5.30. The van der Waals surface area contributed by atoms with Gasteiger partial charge in [-0.15, -0.1) is 24.0 Å². The van der Waals surface area contributed by atoms with Crippen molar-refractivity contribution in [2.75, 3.05) is 39.4 Å². The molecule has 2 saturated heterocycles. The average molecular weight is 487 g/mol. The summed E-state index contributed by atoms with van der Waals surface area (Å²) >= 11 is 0. The molecule has 2 aliphatic heterocycles. The molecule has 1 N–H and O–H groups in total. The number of benzene rings is 1. The fourth-order valence-electron chi connectivity index (χ4n) is 3.93. The van der Waals surface area contributed by atoms with Gasteiger partial charge < -0.3 is 19.7 Å². The highest BCUT2D eigenvalue weighted by Crippen LogP contribution is 2.34. The van der Waals surface area contributed by atoms with E-state index in [0.717, 1.165) is 64.6 Å². The van der Waals surface area contributed by atoms with Gasteiger partial charge in [-0.05, 0) is 38.7 Å². The third kappa shape index (κ3) is 6.32. The van der Waals surface area contributed by atoms with Crippen LogP contribution in [0.1, 0.15) is 44.8 Å².